The van der Waals surface area contributed by atoms with Gasteiger partial charge in [0.1, 0.15) is 4.21 Å². The van der Waals surface area contributed by atoms with Crippen LogP contribution < -0.4 is 4.72 Å². The van der Waals surface area contributed by atoms with E-state index in [4.69, 9.17) is 4.74 Å². The second kappa shape index (κ2) is 12.9. The van der Waals surface area contributed by atoms with Crippen LogP contribution in [0.2, 0.25) is 0 Å². The Bertz CT molecular complexity index is 1600. The van der Waals surface area contributed by atoms with Crippen molar-refractivity contribution in [2.45, 2.75) is 102 Å². The molecular formula is C36H48F3NO6S2. The zero-order valence-corrected chi connectivity index (χ0v) is 29.6. The van der Waals surface area contributed by atoms with Gasteiger partial charge < -0.3 is 14.9 Å². The Morgan fingerprint density at radius 1 is 1.00 bits per heavy atom. The lowest BCUT2D eigenvalue weighted by Crippen LogP contribution is -2.62. The van der Waals surface area contributed by atoms with Crippen molar-refractivity contribution >= 4 is 27.5 Å². The van der Waals surface area contributed by atoms with Crippen LogP contribution >= 0.6 is 11.3 Å². The Morgan fingerprint density at radius 3 is 2.33 bits per heavy atom. The minimum absolute atomic E-state index is 0.0196. The van der Waals surface area contributed by atoms with Crippen molar-refractivity contribution in [3.8, 4) is 10.4 Å². The van der Waals surface area contributed by atoms with Gasteiger partial charge in [0, 0.05) is 4.88 Å². The fraction of sp³-hybridized carbons (Fsp3) is 0.694. The molecule has 1 amide bonds. The quantitative estimate of drug-likeness (QED) is 0.268. The van der Waals surface area contributed by atoms with Gasteiger partial charge in [-0.1, -0.05) is 46.2 Å². The fourth-order valence-corrected chi connectivity index (χ4v) is 13.1. The number of fused-ring (bicyclic) bond motifs is 5. The summed E-state index contributed by atoms with van der Waals surface area (Å²) in [5.74, 6) is 1.71. The van der Waals surface area contributed by atoms with Gasteiger partial charge >= 0.3 is 12.3 Å². The molecular weight excluding hydrogens is 664 g/mol. The molecule has 2 aromatic rings. The number of benzene rings is 1. The molecule has 6 rings (SSSR count). The van der Waals surface area contributed by atoms with E-state index in [1.165, 1.54) is 24.3 Å². The van der Waals surface area contributed by atoms with Crippen LogP contribution in [0.3, 0.4) is 0 Å². The van der Waals surface area contributed by atoms with Crippen molar-refractivity contribution in [2.75, 3.05) is 6.61 Å². The summed E-state index contributed by atoms with van der Waals surface area (Å²) < 4.78 is 72.1. The third kappa shape index (κ3) is 6.21. The maximum absolute atomic E-state index is 13.0. The highest BCUT2D eigenvalue weighted by Gasteiger charge is 2.65. The number of carbonyl (C=O) groups is 1. The molecule has 4 fully saturated rings. The highest BCUT2D eigenvalue weighted by Crippen LogP contribution is 2.69. The highest BCUT2D eigenvalue weighted by molar-refractivity contribution is 7.92. The SMILES string of the molecule is CC[C@H]1[C@@H](O)[C@@H]2[C@H](CC[C@]3(C)[C@@H]([C@H](C)COC(=O)NS(=O)(=O)c4ccc(-c5ccc(C(F)(F)F)cc5)s4)CC[C@@H]23)[C@@]2(C)CC[C@@H](O)C[C@@H]12. The van der Waals surface area contributed by atoms with Gasteiger partial charge in [-0.3, -0.25) is 0 Å². The van der Waals surface area contributed by atoms with E-state index in [0.29, 0.717) is 28.2 Å². The van der Waals surface area contributed by atoms with Crippen molar-refractivity contribution in [2.24, 2.45) is 52.3 Å². The predicted molar refractivity (Wildman–Crippen MR) is 177 cm³/mol. The first-order valence-electron chi connectivity index (χ1n) is 17.3. The molecule has 1 aromatic carbocycles. The summed E-state index contributed by atoms with van der Waals surface area (Å²) >= 11 is 0.850. The number of sulfonamides is 1. The number of carbonyl (C=O) groups excluding carboxylic acids is 1. The zero-order valence-electron chi connectivity index (χ0n) is 28.0. The molecule has 0 bridgehead atoms. The predicted octanol–water partition coefficient (Wildman–Crippen LogP) is 8.11. The van der Waals surface area contributed by atoms with Crippen LogP contribution in [-0.2, 0) is 20.9 Å². The van der Waals surface area contributed by atoms with Crippen LogP contribution in [-0.4, -0.2) is 43.5 Å². The molecule has 4 aliphatic carbocycles. The van der Waals surface area contributed by atoms with E-state index in [9.17, 15) is 36.6 Å². The average molecular weight is 712 g/mol. The summed E-state index contributed by atoms with van der Waals surface area (Å²) in [6, 6.07) is 7.25. The molecule has 4 aliphatic rings. The number of thiophene rings is 1. The first kappa shape index (κ1) is 35.7. The number of aliphatic hydroxyl groups is 2. The molecule has 1 aromatic heterocycles. The van der Waals surface area contributed by atoms with E-state index in [1.54, 1.807) is 0 Å². The van der Waals surface area contributed by atoms with Crippen molar-refractivity contribution in [3.05, 3.63) is 42.0 Å². The largest absolute Gasteiger partial charge is 0.449 e. The lowest BCUT2D eigenvalue weighted by Gasteiger charge is -2.64. The number of amides is 1. The molecule has 7 nitrogen and oxygen atoms in total. The minimum atomic E-state index is -4.47. The van der Waals surface area contributed by atoms with Gasteiger partial charge in [0.25, 0.3) is 10.0 Å². The second-order valence-corrected chi connectivity index (χ2v) is 18.5. The minimum Gasteiger partial charge on any atom is -0.449 e. The number of aliphatic hydroxyl groups excluding tert-OH is 2. The van der Waals surface area contributed by atoms with E-state index in [0.717, 1.165) is 74.8 Å². The Hall–Kier alpha value is -2.15. The molecule has 3 N–H and O–H groups in total. The van der Waals surface area contributed by atoms with Gasteiger partial charge in [-0.05, 0) is 127 Å². The average Bonchev–Trinajstić information content (AvgIpc) is 3.66. The number of nitrogens with one attached hydrogen (secondary N) is 1. The standard InChI is InChI=1S/C36H48F3NO6S2/c1-5-24-28-18-23(41)14-16-35(28,4)27-15-17-34(3)25(10-11-26(34)31(27)32(24)42)20(2)19-46-33(43)40-48(44,45)30-13-12-29(47-30)21-6-8-22(9-7-21)36(37,38)39/h6-9,12-13,20,23-28,31-32,41-42H,5,10-11,14-19H2,1-4H3,(H,40,43)/t20-,23-,24-,25-,26+,27+,28+,31+,32-,34-,35-/m1/s1. The third-order valence-electron chi connectivity index (χ3n) is 13.2. The Labute approximate surface area is 285 Å². The first-order valence-corrected chi connectivity index (χ1v) is 19.6. The van der Waals surface area contributed by atoms with E-state index in [2.05, 4.69) is 20.8 Å². The number of hydrogen-bond donors (Lipinski definition) is 3. The summed E-state index contributed by atoms with van der Waals surface area (Å²) in [6.45, 7) is 9.02. The molecule has 0 saturated heterocycles. The molecule has 0 aliphatic heterocycles. The van der Waals surface area contributed by atoms with Crippen LogP contribution in [0.1, 0.15) is 84.6 Å². The van der Waals surface area contributed by atoms with E-state index in [1.807, 2.05) is 11.6 Å². The molecule has 266 valence electrons. The smallest absolute Gasteiger partial charge is 0.421 e. The van der Waals surface area contributed by atoms with Gasteiger partial charge in [0.2, 0.25) is 0 Å². The summed E-state index contributed by atoms with van der Waals surface area (Å²) in [6.07, 6.45) is 1.31. The monoisotopic (exact) mass is 711 g/mol. The molecule has 48 heavy (non-hydrogen) atoms. The highest BCUT2D eigenvalue weighted by atomic mass is 32.2. The van der Waals surface area contributed by atoms with Crippen LogP contribution in [0.5, 0.6) is 0 Å². The lowest BCUT2D eigenvalue weighted by molar-refractivity contribution is -0.203. The number of halogens is 3. The van der Waals surface area contributed by atoms with Gasteiger partial charge in [0.05, 0.1) is 24.4 Å². The van der Waals surface area contributed by atoms with Crippen molar-refractivity contribution in [1.82, 2.24) is 4.72 Å². The molecule has 4 saturated carbocycles. The molecule has 0 radical (unpaired) electrons. The van der Waals surface area contributed by atoms with Gasteiger partial charge in [-0.15, -0.1) is 11.3 Å². The molecule has 11 atom stereocenters. The Morgan fingerprint density at radius 2 is 1.67 bits per heavy atom. The van der Waals surface area contributed by atoms with Gasteiger partial charge in [-0.25, -0.2) is 17.9 Å². The van der Waals surface area contributed by atoms with Crippen LogP contribution in [0, 0.1) is 52.3 Å². The second-order valence-electron chi connectivity index (χ2n) is 15.5. The number of ether oxygens (including phenoxy) is 1. The molecule has 0 spiro atoms. The van der Waals surface area contributed by atoms with Crippen LogP contribution in [0.4, 0.5) is 18.0 Å². The van der Waals surface area contributed by atoms with Gasteiger partial charge in [-0.2, -0.15) is 13.2 Å². The molecule has 1 heterocycles. The van der Waals surface area contributed by atoms with Crippen molar-refractivity contribution < 1.29 is 41.3 Å². The van der Waals surface area contributed by atoms with Crippen molar-refractivity contribution in [3.63, 3.8) is 0 Å². The van der Waals surface area contributed by atoms with E-state index < -0.39 is 34.0 Å². The summed E-state index contributed by atoms with van der Waals surface area (Å²) in [7, 11) is -4.25. The molecule has 12 heteroatoms. The fourth-order valence-electron chi connectivity index (χ4n) is 10.9. The number of alkyl halides is 3. The van der Waals surface area contributed by atoms with E-state index >= 15 is 0 Å². The van der Waals surface area contributed by atoms with Crippen LogP contribution in [0.25, 0.3) is 10.4 Å². The summed E-state index contributed by atoms with van der Waals surface area (Å²) in [5, 5.41) is 22.5. The maximum atomic E-state index is 13.0. The summed E-state index contributed by atoms with van der Waals surface area (Å²) in [4.78, 5) is 13.2. The van der Waals surface area contributed by atoms with E-state index in [-0.39, 0.29) is 51.4 Å². The zero-order chi connectivity index (χ0) is 34.8. The van der Waals surface area contributed by atoms with Crippen molar-refractivity contribution in [1.29, 1.82) is 0 Å². The first-order chi connectivity index (χ1) is 22.5. The molecule has 0 unspecified atom stereocenters. The Kier molecular flexibility index (Phi) is 9.57. The third-order valence-corrected chi connectivity index (χ3v) is 16.1. The maximum Gasteiger partial charge on any atom is 0.421 e. The normalized spacial score (nSPS) is 37.2. The van der Waals surface area contributed by atoms with Crippen LogP contribution in [0.15, 0.2) is 40.6 Å². The Balaban J connectivity index is 1.08. The number of rotatable bonds is 7. The topological polar surface area (TPSA) is 113 Å². The summed E-state index contributed by atoms with van der Waals surface area (Å²) in [5.41, 5.74) is -0.285. The lowest BCUT2D eigenvalue weighted by atomic mass is 9.41. The number of hydrogen-bond acceptors (Lipinski definition) is 7. The van der Waals surface area contributed by atoms with Gasteiger partial charge in [0.15, 0.2) is 0 Å².